The number of fused-ring (bicyclic) bond motifs is 1. The number of carbonyl (C=O) groups is 1. The topological polar surface area (TPSA) is 45.7 Å². The minimum atomic E-state index is -0.878. The van der Waals surface area contributed by atoms with Crippen molar-refractivity contribution in [1.82, 2.24) is 14.8 Å². The Hall–Kier alpha value is -2.21. The van der Waals surface area contributed by atoms with Crippen molar-refractivity contribution in [3.05, 3.63) is 36.0 Å². The second kappa shape index (κ2) is 8.03. The van der Waals surface area contributed by atoms with E-state index in [0.29, 0.717) is 13.0 Å². The van der Waals surface area contributed by atoms with E-state index in [1.807, 2.05) is 44.2 Å². The van der Waals surface area contributed by atoms with Gasteiger partial charge in [-0.05, 0) is 38.8 Å². The molecule has 6 heteroatoms. The van der Waals surface area contributed by atoms with Crippen LogP contribution in [0.4, 0.5) is 4.39 Å². The van der Waals surface area contributed by atoms with Crippen LogP contribution in [0.1, 0.15) is 31.9 Å². The Morgan fingerprint density at radius 1 is 1.29 bits per heavy atom. The molecule has 0 aliphatic carbocycles. The van der Waals surface area contributed by atoms with Gasteiger partial charge in [-0.3, -0.25) is 14.7 Å². The Morgan fingerprint density at radius 2 is 2.04 bits per heavy atom. The highest BCUT2D eigenvalue weighted by Gasteiger charge is 2.33. The number of carbonyl (C=O) groups excluding carboxylic acids is 1. The molecule has 1 aromatic heterocycles. The van der Waals surface area contributed by atoms with Crippen LogP contribution in [0, 0.1) is 6.92 Å². The second-order valence-electron chi connectivity index (χ2n) is 8.10. The first-order valence-electron chi connectivity index (χ1n) is 10.2. The van der Waals surface area contributed by atoms with Crippen LogP contribution in [0.5, 0.6) is 5.75 Å². The number of piperidine rings is 1. The molecule has 0 unspecified atom stereocenters. The first kappa shape index (κ1) is 19.1. The molecule has 2 aromatic rings. The molecule has 0 saturated carbocycles. The molecule has 0 N–H and O–H groups in total. The van der Waals surface area contributed by atoms with Crippen LogP contribution in [0.3, 0.4) is 0 Å². The van der Waals surface area contributed by atoms with Crippen molar-refractivity contribution in [2.24, 2.45) is 0 Å². The van der Waals surface area contributed by atoms with Gasteiger partial charge < -0.3 is 9.64 Å². The molecule has 2 atom stereocenters. The Bertz CT molecular complexity index is 851. The van der Waals surface area contributed by atoms with Gasteiger partial charge >= 0.3 is 0 Å². The molecule has 2 aliphatic rings. The van der Waals surface area contributed by atoms with E-state index in [1.54, 1.807) is 4.90 Å². The maximum atomic E-state index is 13.5. The fourth-order valence-electron chi connectivity index (χ4n) is 4.33. The van der Waals surface area contributed by atoms with Crippen molar-refractivity contribution in [2.75, 3.05) is 26.2 Å². The number of rotatable bonds is 4. The third-order valence-corrected chi connectivity index (χ3v) is 5.84. The van der Waals surface area contributed by atoms with E-state index in [9.17, 15) is 9.18 Å². The van der Waals surface area contributed by atoms with E-state index < -0.39 is 6.17 Å². The lowest BCUT2D eigenvalue weighted by molar-refractivity contribution is -0.133. The first-order chi connectivity index (χ1) is 13.5. The second-order valence-corrected chi connectivity index (χ2v) is 8.10. The summed E-state index contributed by atoms with van der Waals surface area (Å²) < 4.78 is 19.9. The number of aryl methyl sites for hydroxylation is 1. The number of hydrogen-bond acceptors (Lipinski definition) is 4. The van der Waals surface area contributed by atoms with Crippen molar-refractivity contribution >= 4 is 16.8 Å². The van der Waals surface area contributed by atoms with Gasteiger partial charge in [0.1, 0.15) is 18.0 Å². The quantitative estimate of drug-likeness (QED) is 0.810. The van der Waals surface area contributed by atoms with Crippen LogP contribution in [0.2, 0.25) is 0 Å². The lowest BCUT2D eigenvalue weighted by Crippen LogP contribution is -2.46. The summed E-state index contributed by atoms with van der Waals surface area (Å²) in [6, 6.07) is 10.0. The van der Waals surface area contributed by atoms with Crippen molar-refractivity contribution in [2.45, 2.75) is 51.4 Å². The highest BCUT2D eigenvalue weighted by Crippen LogP contribution is 2.28. The van der Waals surface area contributed by atoms with Gasteiger partial charge in [-0.15, -0.1) is 0 Å². The standard InChI is InChI=1S/C22H28FN3O2/c1-15-11-21(19-5-3-4-6-20(19)24-15)28-18-7-9-25(10-8-18)14-22(27)26-13-17(23)12-16(26)2/h3-6,11,16-18H,7-10,12-14H2,1-2H3/t16-,17+/m1/s1. The summed E-state index contributed by atoms with van der Waals surface area (Å²) in [5, 5.41) is 1.04. The smallest absolute Gasteiger partial charge is 0.237 e. The molecule has 2 aliphatic heterocycles. The molecule has 150 valence electrons. The van der Waals surface area contributed by atoms with Crippen LogP contribution < -0.4 is 4.74 Å². The van der Waals surface area contributed by atoms with E-state index in [0.717, 1.165) is 48.3 Å². The summed E-state index contributed by atoms with van der Waals surface area (Å²) in [5.74, 6) is 0.931. The maximum Gasteiger partial charge on any atom is 0.237 e. The molecule has 0 radical (unpaired) electrons. The van der Waals surface area contributed by atoms with Crippen molar-refractivity contribution in [3.8, 4) is 5.75 Å². The third kappa shape index (κ3) is 4.12. The van der Waals surface area contributed by atoms with Gasteiger partial charge in [-0.2, -0.15) is 0 Å². The Labute approximate surface area is 165 Å². The predicted molar refractivity (Wildman–Crippen MR) is 107 cm³/mol. The van der Waals surface area contributed by atoms with E-state index in [1.165, 1.54) is 0 Å². The number of likely N-dealkylation sites (tertiary alicyclic amines) is 2. The summed E-state index contributed by atoms with van der Waals surface area (Å²) >= 11 is 0. The summed E-state index contributed by atoms with van der Waals surface area (Å²) in [6.45, 7) is 6.17. The van der Waals surface area contributed by atoms with Crippen LogP contribution in [0.25, 0.3) is 10.9 Å². The van der Waals surface area contributed by atoms with Gasteiger partial charge in [0.05, 0.1) is 18.6 Å². The molecule has 4 rings (SSSR count). The van der Waals surface area contributed by atoms with E-state index in [4.69, 9.17) is 4.74 Å². The summed E-state index contributed by atoms with van der Waals surface area (Å²) in [7, 11) is 0. The zero-order valence-electron chi connectivity index (χ0n) is 16.6. The molecule has 2 saturated heterocycles. The number of para-hydroxylation sites is 1. The van der Waals surface area contributed by atoms with Crippen LogP contribution in [-0.2, 0) is 4.79 Å². The fraction of sp³-hybridized carbons (Fsp3) is 0.545. The van der Waals surface area contributed by atoms with Crippen LogP contribution in [0.15, 0.2) is 30.3 Å². The van der Waals surface area contributed by atoms with Crippen molar-refractivity contribution in [3.63, 3.8) is 0 Å². The van der Waals surface area contributed by atoms with Gasteiger partial charge in [0, 0.05) is 42.7 Å². The largest absolute Gasteiger partial charge is 0.490 e. The molecule has 2 fully saturated rings. The highest BCUT2D eigenvalue weighted by molar-refractivity contribution is 5.85. The normalized spacial score (nSPS) is 24.0. The van der Waals surface area contributed by atoms with E-state index >= 15 is 0 Å². The van der Waals surface area contributed by atoms with Crippen LogP contribution >= 0.6 is 0 Å². The van der Waals surface area contributed by atoms with Crippen molar-refractivity contribution < 1.29 is 13.9 Å². The number of pyridine rings is 1. The molecule has 1 amide bonds. The average Bonchev–Trinajstić information content (AvgIpc) is 3.01. The van der Waals surface area contributed by atoms with Gasteiger partial charge in [0.2, 0.25) is 5.91 Å². The number of aromatic nitrogens is 1. The first-order valence-corrected chi connectivity index (χ1v) is 10.2. The number of ether oxygens (including phenoxy) is 1. The number of amides is 1. The van der Waals surface area contributed by atoms with Crippen molar-refractivity contribution in [1.29, 1.82) is 0 Å². The van der Waals surface area contributed by atoms with E-state index in [-0.39, 0.29) is 24.6 Å². The van der Waals surface area contributed by atoms with Gasteiger partial charge in [0.25, 0.3) is 0 Å². The monoisotopic (exact) mass is 385 g/mol. The summed E-state index contributed by atoms with van der Waals surface area (Å²) in [5.41, 5.74) is 1.90. The minimum Gasteiger partial charge on any atom is -0.490 e. The Kier molecular flexibility index (Phi) is 5.49. The molecule has 0 bridgehead atoms. The molecule has 28 heavy (non-hydrogen) atoms. The molecule has 5 nitrogen and oxygen atoms in total. The summed E-state index contributed by atoms with van der Waals surface area (Å²) in [6.07, 6.45) is 1.48. The SMILES string of the molecule is Cc1cc(OC2CCN(CC(=O)N3C[C@@H](F)C[C@H]3C)CC2)c2ccccc2n1. The Balaban J connectivity index is 1.33. The van der Waals surface area contributed by atoms with Crippen LogP contribution in [-0.4, -0.2) is 65.2 Å². The van der Waals surface area contributed by atoms with E-state index in [2.05, 4.69) is 9.88 Å². The predicted octanol–water partition coefficient (Wildman–Crippen LogP) is 3.35. The number of halogens is 1. The lowest BCUT2D eigenvalue weighted by Gasteiger charge is -2.33. The van der Waals surface area contributed by atoms with Gasteiger partial charge in [0.15, 0.2) is 0 Å². The molecular weight excluding hydrogens is 357 g/mol. The highest BCUT2D eigenvalue weighted by atomic mass is 19.1. The zero-order valence-corrected chi connectivity index (χ0v) is 16.6. The Morgan fingerprint density at radius 3 is 2.75 bits per heavy atom. The van der Waals surface area contributed by atoms with Gasteiger partial charge in [-0.25, -0.2) is 4.39 Å². The number of alkyl halides is 1. The zero-order chi connectivity index (χ0) is 19.7. The fourth-order valence-corrected chi connectivity index (χ4v) is 4.33. The maximum absolute atomic E-state index is 13.5. The molecule has 0 spiro atoms. The van der Waals surface area contributed by atoms with Gasteiger partial charge in [-0.1, -0.05) is 12.1 Å². The number of hydrogen-bond donors (Lipinski definition) is 0. The number of nitrogens with zero attached hydrogens (tertiary/aromatic N) is 3. The third-order valence-electron chi connectivity index (χ3n) is 5.84. The minimum absolute atomic E-state index is 0.00610. The number of benzene rings is 1. The molecular formula is C22H28FN3O2. The average molecular weight is 385 g/mol. The molecule has 1 aromatic carbocycles. The summed E-state index contributed by atoms with van der Waals surface area (Å²) in [4.78, 5) is 20.9. The molecule has 3 heterocycles. The lowest BCUT2D eigenvalue weighted by atomic mass is 10.1.